The fourth-order valence-corrected chi connectivity index (χ4v) is 4.40. The van der Waals surface area contributed by atoms with Crippen molar-refractivity contribution in [3.8, 4) is 11.5 Å². The molecule has 22 heavy (non-hydrogen) atoms. The molecule has 2 aromatic carbocycles. The van der Waals surface area contributed by atoms with Crippen LogP contribution in [0.2, 0.25) is 0 Å². The van der Waals surface area contributed by atoms with Crippen LogP contribution in [0.3, 0.4) is 0 Å². The first-order valence-corrected chi connectivity index (χ1v) is 10.4. The molecule has 0 unspecified atom stereocenters. The first-order valence-electron chi connectivity index (χ1n) is 5.64. The lowest BCUT2D eigenvalue weighted by Crippen LogP contribution is -1.93. The molecule has 0 saturated carbocycles. The maximum atomic E-state index is 9.78. The predicted molar refractivity (Wildman–Crippen MR) is 111 cm³/mol. The minimum atomic E-state index is 0.145. The van der Waals surface area contributed by atoms with E-state index in [0.717, 1.165) is 29.0 Å². The van der Waals surface area contributed by atoms with Crippen molar-refractivity contribution in [1.29, 1.82) is 0 Å². The number of hydrogen-bond donors (Lipinski definition) is 2. The largest absolute Gasteiger partial charge is 0.507 e. The van der Waals surface area contributed by atoms with Gasteiger partial charge < -0.3 is 10.2 Å². The summed E-state index contributed by atoms with van der Waals surface area (Å²) in [6.07, 6.45) is 0. The van der Waals surface area contributed by atoms with E-state index in [2.05, 4.69) is 95.6 Å². The third kappa shape index (κ3) is 4.00. The molecule has 0 aliphatic heterocycles. The Morgan fingerprint density at radius 1 is 0.636 bits per heavy atom. The van der Waals surface area contributed by atoms with Crippen molar-refractivity contribution in [3.63, 3.8) is 0 Å². The molecule has 0 radical (unpaired) electrons. The molecule has 2 nitrogen and oxygen atoms in total. The number of phenolic OH excluding ortho intramolecular Hbond substituents is 2. The average Bonchev–Trinajstić information content (AvgIpc) is 2.41. The second-order valence-electron chi connectivity index (χ2n) is 4.20. The number of halogens is 6. The Hall–Kier alpha value is 0.660. The molecule has 0 fully saturated rings. The van der Waals surface area contributed by atoms with Crippen LogP contribution in [0.5, 0.6) is 11.5 Å². The van der Waals surface area contributed by atoms with Crippen LogP contribution in [-0.2, 0) is 0 Å². The number of hydrogen-bond acceptors (Lipinski definition) is 2. The van der Waals surface area contributed by atoms with Crippen LogP contribution < -0.4 is 0 Å². The molecule has 0 spiro atoms. The molecule has 8 heteroatoms. The van der Waals surface area contributed by atoms with Gasteiger partial charge in [-0.3, -0.25) is 0 Å². The van der Waals surface area contributed by atoms with E-state index in [4.69, 9.17) is 0 Å². The van der Waals surface area contributed by atoms with E-state index in [9.17, 15) is 10.2 Å². The summed E-state index contributed by atoms with van der Waals surface area (Å²) >= 11 is 20.5. The zero-order chi connectivity index (χ0) is 16.6. The summed E-state index contributed by atoms with van der Waals surface area (Å²) in [7, 11) is 0. The van der Waals surface area contributed by atoms with Crippen molar-refractivity contribution in [2.24, 2.45) is 0 Å². The van der Waals surface area contributed by atoms with E-state index in [-0.39, 0.29) is 11.5 Å². The van der Waals surface area contributed by atoms with Crippen LogP contribution in [0.1, 0.15) is 11.1 Å². The van der Waals surface area contributed by atoms with E-state index in [0.29, 0.717) is 8.95 Å². The normalized spacial score (nSPS) is 10.6. The summed E-state index contributed by atoms with van der Waals surface area (Å²) in [5.41, 5.74) is 2.55. The number of rotatable bonds is 2. The third-order valence-electron chi connectivity index (χ3n) is 2.80. The SMILES string of the molecule is Oc1cc(Br)c(C(=C(Br)Br)c2cc(Br)c(O)cc2Br)cc1Br. The van der Waals surface area contributed by atoms with Crippen LogP contribution >= 0.6 is 95.6 Å². The minimum Gasteiger partial charge on any atom is -0.507 e. The highest BCUT2D eigenvalue weighted by molar-refractivity contribution is 9.28. The zero-order valence-corrected chi connectivity index (χ0v) is 20.0. The Kier molecular flexibility index (Phi) is 6.64. The average molecular weight is 686 g/mol. The summed E-state index contributed by atoms with van der Waals surface area (Å²) in [6, 6.07) is 6.85. The fourth-order valence-electron chi connectivity index (χ4n) is 1.80. The summed E-state index contributed by atoms with van der Waals surface area (Å²) < 4.78 is 3.36. The lowest BCUT2D eigenvalue weighted by molar-refractivity contribution is 0.471. The molecule has 0 amide bonds. The van der Waals surface area contributed by atoms with Crippen molar-refractivity contribution >= 4 is 101 Å². The van der Waals surface area contributed by atoms with Crippen LogP contribution in [0.15, 0.2) is 45.5 Å². The zero-order valence-electron chi connectivity index (χ0n) is 10.5. The Bertz CT molecular complexity index is 722. The van der Waals surface area contributed by atoms with Gasteiger partial charge in [0.25, 0.3) is 0 Å². The molecule has 0 saturated heterocycles. The number of aromatic hydroxyl groups is 2. The molecule has 0 atom stereocenters. The van der Waals surface area contributed by atoms with Gasteiger partial charge in [0.1, 0.15) is 11.5 Å². The van der Waals surface area contributed by atoms with Gasteiger partial charge in [-0.1, -0.05) is 31.9 Å². The Morgan fingerprint density at radius 3 is 1.32 bits per heavy atom. The maximum absolute atomic E-state index is 9.78. The molecule has 0 aromatic heterocycles. The quantitative estimate of drug-likeness (QED) is 0.341. The van der Waals surface area contributed by atoms with Crippen LogP contribution in [-0.4, -0.2) is 10.2 Å². The lowest BCUT2D eigenvalue weighted by atomic mass is 9.99. The number of phenols is 2. The van der Waals surface area contributed by atoms with E-state index >= 15 is 0 Å². The summed E-state index contributed by atoms with van der Waals surface area (Å²) in [4.78, 5) is 0. The highest BCUT2D eigenvalue weighted by atomic mass is 79.9. The van der Waals surface area contributed by atoms with Gasteiger partial charge in [0.15, 0.2) is 0 Å². The molecule has 0 aliphatic rings. The monoisotopic (exact) mass is 680 g/mol. The van der Waals surface area contributed by atoms with Crippen molar-refractivity contribution in [2.75, 3.05) is 0 Å². The van der Waals surface area contributed by atoms with Gasteiger partial charge in [0, 0.05) is 14.5 Å². The molecule has 2 N–H and O–H groups in total. The van der Waals surface area contributed by atoms with E-state index < -0.39 is 0 Å². The molecule has 0 aliphatic carbocycles. The maximum Gasteiger partial charge on any atom is 0.130 e. The topological polar surface area (TPSA) is 40.5 Å². The molecule has 0 heterocycles. The van der Waals surface area contributed by atoms with Crippen LogP contribution in [0.4, 0.5) is 0 Å². The minimum absolute atomic E-state index is 0.145. The standard InChI is InChI=1S/C14H6Br6O2/c15-7-3-11(21)9(17)1-5(7)13(14(19)20)6-2-10(18)12(22)4-8(6)16/h1-4,21-22H. The van der Waals surface area contributed by atoms with Crippen LogP contribution in [0, 0.1) is 0 Å². The third-order valence-corrected chi connectivity index (χ3v) is 6.18. The first-order chi connectivity index (χ1) is 10.2. The van der Waals surface area contributed by atoms with Gasteiger partial charge in [0.2, 0.25) is 0 Å². The first kappa shape index (κ1) is 19.0. The molecule has 2 aromatic rings. The Morgan fingerprint density at radius 2 is 1.00 bits per heavy atom. The fraction of sp³-hybridized carbons (Fsp3) is 0. The summed E-state index contributed by atoms with van der Waals surface area (Å²) in [5, 5.41) is 19.6. The summed E-state index contributed by atoms with van der Waals surface area (Å²) in [5.74, 6) is 0.290. The van der Waals surface area contributed by atoms with Crippen LogP contribution in [0.25, 0.3) is 5.57 Å². The van der Waals surface area contributed by atoms with Crippen molar-refractivity contribution in [2.45, 2.75) is 0 Å². The lowest BCUT2D eigenvalue weighted by Gasteiger charge is -2.15. The Balaban J connectivity index is 2.77. The highest BCUT2D eigenvalue weighted by Crippen LogP contribution is 2.44. The second kappa shape index (κ2) is 7.70. The smallest absolute Gasteiger partial charge is 0.130 e. The van der Waals surface area contributed by atoms with Gasteiger partial charge in [0.05, 0.1) is 12.3 Å². The van der Waals surface area contributed by atoms with Gasteiger partial charge >= 0.3 is 0 Å². The van der Waals surface area contributed by atoms with E-state index in [1.807, 2.05) is 12.1 Å². The molecule has 116 valence electrons. The van der Waals surface area contributed by atoms with Crippen molar-refractivity contribution in [1.82, 2.24) is 0 Å². The summed E-state index contributed by atoms with van der Waals surface area (Å²) in [6.45, 7) is 0. The van der Waals surface area contributed by atoms with Gasteiger partial charge in [-0.15, -0.1) is 0 Å². The van der Waals surface area contributed by atoms with Gasteiger partial charge in [-0.05, 0) is 99.1 Å². The van der Waals surface area contributed by atoms with Gasteiger partial charge in [-0.25, -0.2) is 0 Å². The van der Waals surface area contributed by atoms with Crippen molar-refractivity contribution < 1.29 is 10.2 Å². The highest BCUT2D eigenvalue weighted by Gasteiger charge is 2.18. The van der Waals surface area contributed by atoms with Crippen molar-refractivity contribution in [3.05, 3.63) is 56.7 Å². The molecule has 0 bridgehead atoms. The predicted octanol–water partition coefficient (Wildman–Crippen LogP) is 7.65. The molecular formula is C14H6Br6O2. The van der Waals surface area contributed by atoms with E-state index in [1.54, 1.807) is 12.1 Å². The number of benzene rings is 2. The Labute approximate surface area is 177 Å². The second-order valence-corrected chi connectivity index (χ2v) is 10.3. The van der Waals surface area contributed by atoms with Gasteiger partial charge in [-0.2, -0.15) is 0 Å². The molecular weight excluding hydrogens is 680 g/mol. The van der Waals surface area contributed by atoms with E-state index in [1.165, 1.54) is 0 Å². The molecule has 2 rings (SSSR count).